The summed E-state index contributed by atoms with van der Waals surface area (Å²) in [6.07, 6.45) is 0. The Hall–Kier alpha value is -2.55. The molecule has 0 aliphatic carbocycles. The van der Waals surface area contributed by atoms with Crippen LogP contribution < -0.4 is 11.2 Å². The molecule has 108 valence electrons. The monoisotopic (exact) mass is 304 g/mol. The Morgan fingerprint density at radius 1 is 1.24 bits per heavy atom. The summed E-state index contributed by atoms with van der Waals surface area (Å²) in [4.78, 5) is 25.8. The molecule has 0 radical (unpaired) electrons. The molecule has 0 bridgehead atoms. The zero-order valence-electron chi connectivity index (χ0n) is 11.4. The van der Waals surface area contributed by atoms with E-state index in [1.165, 1.54) is 33.8 Å². The second-order valence-corrected chi connectivity index (χ2v) is 5.44. The third-order valence-electron chi connectivity index (χ3n) is 3.12. The van der Waals surface area contributed by atoms with Crippen LogP contribution in [0.2, 0.25) is 0 Å². The minimum Gasteiger partial charge on any atom is -0.299 e. The highest BCUT2D eigenvalue weighted by Gasteiger charge is 2.10. The van der Waals surface area contributed by atoms with Gasteiger partial charge < -0.3 is 0 Å². The molecule has 0 amide bonds. The topological polar surface area (TPSA) is 87.6 Å². The Kier molecular flexibility index (Phi) is 3.26. The van der Waals surface area contributed by atoms with Gasteiger partial charge in [-0.25, -0.2) is 4.79 Å². The van der Waals surface area contributed by atoms with Gasteiger partial charge in [0.1, 0.15) is 6.54 Å². The fraction of sp³-hybridized carbons (Fsp3) is 0.250. The van der Waals surface area contributed by atoms with Crippen LogP contribution in [0.15, 0.2) is 33.2 Å². The third kappa shape index (κ3) is 2.42. The first-order valence-corrected chi connectivity index (χ1v) is 7.02. The van der Waals surface area contributed by atoms with Crippen molar-refractivity contribution in [1.29, 1.82) is 0 Å². The summed E-state index contributed by atoms with van der Waals surface area (Å²) in [6, 6.07) is 5.21. The molecule has 3 rings (SSSR count). The second-order valence-electron chi connectivity index (χ2n) is 4.50. The zero-order valence-corrected chi connectivity index (χ0v) is 12.2. The van der Waals surface area contributed by atoms with Crippen molar-refractivity contribution in [3.05, 3.63) is 50.1 Å². The lowest BCUT2D eigenvalue weighted by Crippen LogP contribution is -2.38. The summed E-state index contributed by atoms with van der Waals surface area (Å²) in [5.41, 5.74) is -0.207. The van der Waals surface area contributed by atoms with Crippen molar-refractivity contribution in [3.8, 4) is 10.7 Å². The molecule has 0 saturated carbocycles. The van der Waals surface area contributed by atoms with E-state index in [2.05, 4.69) is 15.4 Å². The van der Waals surface area contributed by atoms with Crippen molar-refractivity contribution in [3.63, 3.8) is 0 Å². The molecule has 8 nitrogen and oxygen atoms in total. The molecular weight excluding hydrogens is 292 g/mol. The van der Waals surface area contributed by atoms with E-state index < -0.39 is 0 Å². The first-order valence-electron chi connectivity index (χ1n) is 6.14. The molecular formula is C12H12N6O2S. The van der Waals surface area contributed by atoms with Crippen LogP contribution in [0.1, 0.15) is 5.69 Å². The van der Waals surface area contributed by atoms with Gasteiger partial charge in [-0.3, -0.25) is 13.9 Å². The van der Waals surface area contributed by atoms with Crippen LogP contribution in [-0.2, 0) is 20.6 Å². The van der Waals surface area contributed by atoms with Gasteiger partial charge in [0.15, 0.2) is 0 Å². The van der Waals surface area contributed by atoms with Crippen LogP contribution in [0, 0.1) is 0 Å². The van der Waals surface area contributed by atoms with Crippen molar-refractivity contribution < 1.29 is 0 Å². The second kappa shape index (κ2) is 5.09. The molecule has 3 aromatic heterocycles. The van der Waals surface area contributed by atoms with E-state index in [9.17, 15) is 9.59 Å². The van der Waals surface area contributed by atoms with Crippen molar-refractivity contribution in [2.24, 2.45) is 14.1 Å². The Morgan fingerprint density at radius 2 is 2.05 bits per heavy atom. The summed E-state index contributed by atoms with van der Waals surface area (Å²) in [5, 5.41) is 14.1. The highest BCUT2D eigenvalue weighted by atomic mass is 32.1. The van der Waals surface area contributed by atoms with E-state index in [0.717, 1.165) is 9.44 Å². The summed E-state index contributed by atoms with van der Waals surface area (Å²) >= 11 is 1.52. The maximum Gasteiger partial charge on any atom is 0.330 e. The molecule has 9 heteroatoms. The smallest absolute Gasteiger partial charge is 0.299 e. The van der Waals surface area contributed by atoms with Gasteiger partial charge in [-0.2, -0.15) is 4.80 Å². The first kappa shape index (κ1) is 13.4. The maximum atomic E-state index is 11.9. The summed E-state index contributed by atoms with van der Waals surface area (Å²) < 4.78 is 2.45. The first-order chi connectivity index (χ1) is 10.1. The number of hydrogen-bond acceptors (Lipinski definition) is 6. The van der Waals surface area contributed by atoms with Crippen molar-refractivity contribution in [1.82, 2.24) is 29.3 Å². The molecule has 0 unspecified atom stereocenters. The van der Waals surface area contributed by atoms with Gasteiger partial charge in [0.2, 0.25) is 5.82 Å². The van der Waals surface area contributed by atoms with Crippen LogP contribution in [0.5, 0.6) is 0 Å². The molecule has 3 aromatic rings. The van der Waals surface area contributed by atoms with Gasteiger partial charge >= 0.3 is 5.69 Å². The predicted octanol–water partition coefficient (Wildman–Crippen LogP) is -0.153. The van der Waals surface area contributed by atoms with Gasteiger partial charge in [0.05, 0.1) is 10.6 Å². The number of rotatable bonds is 3. The fourth-order valence-electron chi connectivity index (χ4n) is 1.89. The molecule has 0 aliphatic heterocycles. The molecule has 0 fully saturated rings. The van der Waals surface area contributed by atoms with Gasteiger partial charge in [-0.05, 0) is 16.7 Å². The van der Waals surface area contributed by atoms with Crippen molar-refractivity contribution in [2.75, 3.05) is 0 Å². The number of aromatic nitrogens is 6. The van der Waals surface area contributed by atoms with Crippen LogP contribution in [0.4, 0.5) is 0 Å². The Morgan fingerprint density at radius 3 is 2.76 bits per heavy atom. The van der Waals surface area contributed by atoms with Crippen molar-refractivity contribution >= 4 is 11.3 Å². The molecule has 0 spiro atoms. The molecule has 0 atom stereocenters. The molecule has 3 heterocycles. The van der Waals surface area contributed by atoms with Crippen LogP contribution >= 0.6 is 11.3 Å². The Balaban J connectivity index is 1.95. The summed E-state index contributed by atoms with van der Waals surface area (Å²) in [5.74, 6) is 0.527. The van der Waals surface area contributed by atoms with Crippen LogP contribution in [0.3, 0.4) is 0 Å². The van der Waals surface area contributed by atoms with E-state index in [4.69, 9.17) is 0 Å². The summed E-state index contributed by atoms with van der Waals surface area (Å²) in [6.45, 7) is 0.209. The average Bonchev–Trinajstić information content (AvgIpc) is 3.13. The maximum absolute atomic E-state index is 11.9. The molecule has 0 saturated heterocycles. The van der Waals surface area contributed by atoms with Gasteiger partial charge in [0.25, 0.3) is 5.56 Å². The Bertz CT molecular complexity index is 889. The van der Waals surface area contributed by atoms with E-state index in [0.29, 0.717) is 11.5 Å². The van der Waals surface area contributed by atoms with Crippen molar-refractivity contribution in [2.45, 2.75) is 6.54 Å². The van der Waals surface area contributed by atoms with E-state index >= 15 is 0 Å². The largest absolute Gasteiger partial charge is 0.330 e. The lowest BCUT2D eigenvalue weighted by atomic mass is 10.4. The standard InChI is InChI=1S/C12H12N6O2S/c1-16-8(6-10(19)17(2)12(16)20)7-18-14-11(13-15-18)9-4-3-5-21-9/h3-6H,7H2,1-2H3. The minimum atomic E-state index is -0.379. The number of hydrogen-bond donors (Lipinski definition) is 0. The lowest BCUT2D eigenvalue weighted by Gasteiger charge is -2.07. The quantitative estimate of drug-likeness (QED) is 0.671. The normalized spacial score (nSPS) is 11.0. The lowest BCUT2D eigenvalue weighted by molar-refractivity contribution is 0.533. The SMILES string of the molecule is Cn1c(Cn2nnc(-c3cccs3)n2)cc(=O)n(C)c1=O. The zero-order chi connectivity index (χ0) is 15.0. The predicted molar refractivity (Wildman–Crippen MR) is 77.2 cm³/mol. The highest BCUT2D eigenvalue weighted by Crippen LogP contribution is 2.19. The minimum absolute atomic E-state index is 0.209. The molecule has 0 aromatic carbocycles. The van der Waals surface area contributed by atoms with Gasteiger partial charge in [0, 0.05) is 20.2 Å². The fourth-order valence-corrected chi connectivity index (χ4v) is 2.54. The number of thiophene rings is 1. The highest BCUT2D eigenvalue weighted by molar-refractivity contribution is 7.13. The van der Waals surface area contributed by atoms with Crippen LogP contribution in [-0.4, -0.2) is 29.3 Å². The third-order valence-corrected chi connectivity index (χ3v) is 3.99. The Labute approximate surface area is 122 Å². The number of nitrogens with zero attached hydrogens (tertiary/aromatic N) is 6. The molecule has 0 N–H and O–H groups in total. The van der Waals surface area contributed by atoms with E-state index in [1.54, 1.807) is 7.05 Å². The molecule has 0 aliphatic rings. The van der Waals surface area contributed by atoms with Gasteiger partial charge in [-0.1, -0.05) is 6.07 Å². The van der Waals surface area contributed by atoms with E-state index in [1.807, 2.05) is 17.5 Å². The summed E-state index contributed by atoms with van der Waals surface area (Å²) in [7, 11) is 3.05. The van der Waals surface area contributed by atoms with Gasteiger partial charge in [-0.15, -0.1) is 21.5 Å². The van der Waals surface area contributed by atoms with E-state index in [-0.39, 0.29) is 17.8 Å². The number of tetrazole rings is 1. The molecule has 21 heavy (non-hydrogen) atoms. The average molecular weight is 304 g/mol. The van der Waals surface area contributed by atoms with Crippen LogP contribution in [0.25, 0.3) is 10.7 Å².